The van der Waals surface area contributed by atoms with Crippen molar-refractivity contribution in [1.29, 1.82) is 0 Å². The van der Waals surface area contributed by atoms with Gasteiger partial charge in [0.1, 0.15) is 0 Å². The summed E-state index contributed by atoms with van der Waals surface area (Å²) in [6.45, 7) is 8.08. The molecule has 1 aliphatic heterocycles. The first-order chi connectivity index (χ1) is 12.8. The van der Waals surface area contributed by atoms with Crippen molar-refractivity contribution in [2.75, 3.05) is 13.2 Å². The van der Waals surface area contributed by atoms with Crippen LogP contribution in [0, 0.1) is 40.9 Å². The van der Waals surface area contributed by atoms with Gasteiger partial charge in [0, 0.05) is 6.61 Å². The summed E-state index contributed by atoms with van der Waals surface area (Å²) in [6.07, 6.45) is 7.49. The van der Waals surface area contributed by atoms with Crippen LogP contribution in [0.4, 0.5) is 0 Å². The first kappa shape index (κ1) is 20.1. The van der Waals surface area contributed by atoms with E-state index in [9.17, 15) is 15.3 Å². The minimum atomic E-state index is -0.252. The Morgan fingerprint density at radius 1 is 1.07 bits per heavy atom. The minimum absolute atomic E-state index is 0.131. The molecule has 0 aromatic carbocycles. The Bertz CT molecular complexity index is 538. The van der Waals surface area contributed by atoms with E-state index in [4.69, 9.17) is 4.74 Å². The minimum Gasteiger partial charge on any atom is -0.396 e. The van der Waals surface area contributed by atoms with Gasteiger partial charge in [0.25, 0.3) is 0 Å². The van der Waals surface area contributed by atoms with Crippen molar-refractivity contribution in [3.8, 4) is 0 Å². The van der Waals surface area contributed by atoms with E-state index in [-0.39, 0.29) is 29.8 Å². The van der Waals surface area contributed by atoms with Gasteiger partial charge in [-0.15, -0.1) is 0 Å². The van der Waals surface area contributed by atoms with Crippen LogP contribution >= 0.6 is 0 Å². The lowest BCUT2D eigenvalue weighted by molar-refractivity contribution is -0.244. The van der Waals surface area contributed by atoms with Gasteiger partial charge >= 0.3 is 0 Å². The molecular formula is C23H40O4. The molecule has 0 radical (unpaired) electrons. The van der Waals surface area contributed by atoms with Crippen LogP contribution in [0.15, 0.2) is 0 Å². The van der Waals surface area contributed by atoms with Crippen LogP contribution in [-0.2, 0) is 4.74 Å². The number of hydrogen-bond acceptors (Lipinski definition) is 4. The van der Waals surface area contributed by atoms with E-state index in [2.05, 4.69) is 20.8 Å². The second-order valence-electron chi connectivity index (χ2n) is 10.7. The Labute approximate surface area is 164 Å². The fourth-order valence-corrected chi connectivity index (χ4v) is 7.99. The van der Waals surface area contributed by atoms with Crippen molar-refractivity contribution in [2.45, 2.75) is 89.9 Å². The lowest BCUT2D eigenvalue weighted by atomic mass is 9.48. The zero-order valence-corrected chi connectivity index (χ0v) is 17.4. The zero-order chi connectivity index (χ0) is 19.4. The number of fused-ring (bicyclic) bond motifs is 5. The molecule has 0 aromatic rings. The average Bonchev–Trinajstić information content (AvgIpc) is 2.98. The molecule has 3 aliphatic carbocycles. The molecule has 10 atom stereocenters. The van der Waals surface area contributed by atoms with Gasteiger partial charge in [-0.3, -0.25) is 0 Å². The molecule has 156 valence electrons. The van der Waals surface area contributed by atoms with Gasteiger partial charge in [-0.25, -0.2) is 0 Å². The first-order valence-corrected chi connectivity index (χ1v) is 11.4. The number of aliphatic hydroxyl groups is 3. The topological polar surface area (TPSA) is 69.9 Å². The molecule has 27 heavy (non-hydrogen) atoms. The van der Waals surface area contributed by atoms with Gasteiger partial charge in [0.15, 0.2) is 0 Å². The van der Waals surface area contributed by atoms with E-state index in [0.29, 0.717) is 35.5 Å². The number of hydrogen-bond donors (Lipinski definition) is 3. The van der Waals surface area contributed by atoms with E-state index >= 15 is 0 Å². The van der Waals surface area contributed by atoms with Crippen LogP contribution < -0.4 is 0 Å². The SMILES string of the molecule is C[C@H](CCCO)[C@H]1CC[C@H]2[C@@H]3[C@H](O)C[C@@H]4C[C@H](O)CC[C@]4(C)[C@H]3CO[C@]12C. The Kier molecular flexibility index (Phi) is 5.42. The maximum absolute atomic E-state index is 11.2. The van der Waals surface area contributed by atoms with Gasteiger partial charge in [-0.2, -0.15) is 0 Å². The van der Waals surface area contributed by atoms with Crippen molar-refractivity contribution >= 4 is 0 Å². The Balaban J connectivity index is 1.57. The molecule has 4 fully saturated rings. The second kappa shape index (κ2) is 7.27. The quantitative estimate of drug-likeness (QED) is 0.699. The summed E-state index contributed by atoms with van der Waals surface area (Å²) in [4.78, 5) is 0. The van der Waals surface area contributed by atoms with Gasteiger partial charge in [0.05, 0.1) is 24.4 Å². The molecule has 3 saturated carbocycles. The fourth-order valence-electron chi connectivity index (χ4n) is 7.99. The number of ether oxygens (including phenoxy) is 1. The van der Waals surface area contributed by atoms with E-state index in [0.717, 1.165) is 51.6 Å². The normalized spacial score (nSPS) is 53.3. The predicted molar refractivity (Wildman–Crippen MR) is 105 cm³/mol. The molecule has 3 N–H and O–H groups in total. The van der Waals surface area contributed by atoms with Gasteiger partial charge in [0.2, 0.25) is 0 Å². The maximum atomic E-state index is 11.2. The zero-order valence-electron chi connectivity index (χ0n) is 17.4. The molecular weight excluding hydrogens is 340 g/mol. The highest BCUT2D eigenvalue weighted by molar-refractivity contribution is 5.12. The molecule has 0 spiro atoms. The van der Waals surface area contributed by atoms with E-state index in [1.807, 2.05) is 0 Å². The summed E-state index contributed by atoms with van der Waals surface area (Å²) in [5.74, 6) is 2.71. The summed E-state index contributed by atoms with van der Waals surface area (Å²) in [5, 5.41) is 30.6. The molecule has 1 saturated heterocycles. The van der Waals surface area contributed by atoms with Gasteiger partial charge in [-0.05, 0) is 99.2 Å². The van der Waals surface area contributed by atoms with Crippen LogP contribution in [0.1, 0.15) is 72.1 Å². The fraction of sp³-hybridized carbons (Fsp3) is 1.00. The van der Waals surface area contributed by atoms with E-state index in [1.165, 1.54) is 6.42 Å². The summed E-state index contributed by atoms with van der Waals surface area (Å²) < 4.78 is 6.73. The third-order valence-electron chi connectivity index (χ3n) is 9.59. The molecule has 0 unspecified atom stereocenters. The molecule has 0 aromatic heterocycles. The molecule has 4 rings (SSSR count). The van der Waals surface area contributed by atoms with Crippen LogP contribution in [0.5, 0.6) is 0 Å². The maximum Gasteiger partial charge on any atom is 0.0716 e. The van der Waals surface area contributed by atoms with Crippen molar-refractivity contribution in [1.82, 2.24) is 0 Å². The van der Waals surface area contributed by atoms with Crippen molar-refractivity contribution in [3.05, 3.63) is 0 Å². The highest BCUT2D eigenvalue weighted by Crippen LogP contribution is 2.64. The summed E-state index contributed by atoms with van der Waals surface area (Å²) in [7, 11) is 0. The van der Waals surface area contributed by atoms with Crippen molar-refractivity contribution < 1.29 is 20.1 Å². The van der Waals surface area contributed by atoms with Crippen LogP contribution in [-0.4, -0.2) is 46.3 Å². The van der Waals surface area contributed by atoms with Crippen LogP contribution in [0.3, 0.4) is 0 Å². The lowest BCUT2D eigenvalue weighted by Gasteiger charge is -2.62. The van der Waals surface area contributed by atoms with Crippen LogP contribution in [0.25, 0.3) is 0 Å². The van der Waals surface area contributed by atoms with E-state index < -0.39 is 0 Å². The Hall–Kier alpha value is -0.160. The Morgan fingerprint density at radius 2 is 1.85 bits per heavy atom. The first-order valence-electron chi connectivity index (χ1n) is 11.4. The molecule has 0 bridgehead atoms. The number of aliphatic hydroxyl groups excluding tert-OH is 3. The third kappa shape index (κ3) is 3.10. The largest absolute Gasteiger partial charge is 0.396 e. The highest BCUT2D eigenvalue weighted by Gasteiger charge is 2.63. The molecule has 0 amide bonds. The number of rotatable bonds is 4. The van der Waals surface area contributed by atoms with Gasteiger partial charge in [-0.1, -0.05) is 13.8 Å². The molecule has 4 aliphatic rings. The molecule has 4 nitrogen and oxygen atoms in total. The molecule has 4 heteroatoms. The van der Waals surface area contributed by atoms with Crippen molar-refractivity contribution in [3.63, 3.8) is 0 Å². The van der Waals surface area contributed by atoms with Crippen molar-refractivity contribution in [2.24, 2.45) is 40.9 Å². The van der Waals surface area contributed by atoms with Gasteiger partial charge < -0.3 is 20.1 Å². The van der Waals surface area contributed by atoms with Crippen LogP contribution in [0.2, 0.25) is 0 Å². The smallest absolute Gasteiger partial charge is 0.0716 e. The summed E-state index contributed by atoms with van der Waals surface area (Å²) >= 11 is 0. The predicted octanol–water partition coefficient (Wildman–Crippen LogP) is 3.37. The highest BCUT2D eigenvalue weighted by atomic mass is 16.5. The third-order valence-corrected chi connectivity index (χ3v) is 9.59. The summed E-state index contributed by atoms with van der Waals surface area (Å²) in [5.41, 5.74) is 0.0689. The monoisotopic (exact) mass is 380 g/mol. The summed E-state index contributed by atoms with van der Waals surface area (Å²) in [6, 6.07) is 0. The van der Waals surface area contributed by atoms with E-state index in [1.54, 1.807) is 0 Å². The standard InChI is InChI=1S/C23H40O4/c1-14(5-4-10-24)17-6-7-18-21-19(13-27-23(17,18)3)22(2)9-8-16(25)11-15(22)12-20(21)26/h14-21,24-26H,4-13H2,1-3H3/t14-,15+,16-,17-,18+,19+,20-,21+,22+,23-/m1/s1. The Morgan fingerprint density at radius 3 is 2.59 bits per heavy atom. The molecule has 1 heterocycles. The average molecular weight is 381 g/mol. The lowest BCUT2D eigenvalue weighted by Crippen LogP contribution is -2.63. The second-order valence-corrected chi connectivity index (χ2v) is 10.7.